The van der Waals surface area contributed by atoms with Crippen molar-refractivity contribution >= 4 is 11.6 Å². The van der Waals surface area contributed by atoms with E-state index in [-0.39, 0.29) is 11.6 Å². The fraction of sp³-hybridized carbons (Fsp3) is 0.400. The van der Waals surface area contributed by atoms with Gasteiger partial charge in [-0.2, -0.15) is 0 Å². The van der Waals surface area contributed by atoms with Crippen molar-refractivity contribution in [2.45, 2.75) is 53.4 Å². The molecular weight excluding hydrogens is 272 g/mol. The minimum Gasteiger partial charge on any atom is -0.289 e. The van der Waals surface area contributed by atoms with Crippen molar-refractivity contribution in [3.63, 3.8) is 0 Å². The molecule has 0 saturated heterocycles. The molecule has 0 fully saturated rings. The predicted octanol–water partition coefficient (Wildman–Crippen LogP) is 4.79. The van der Waals surface area contributed by atoms with Crippen molar-refractivity contribution in [1.29, 1.82) is 0 Å². The molecule has 116 valence electrons. The quantitative estimate of drug-likeness (QED) is 0.747. The summed E-state index contributed by atoms with van der Waals surface area (Å²) in [6.07, 6.45) is 10.9. The van der Waals surface area contributed by atoms with Gasteiger partial charge in [-0.05, 0) is 61.1 Å². The minimum atomic E-state index is 0.167. The van der Waals surface area contributed by atoms with Crippen molar-refractivity contribution in [2.24, 2.45) is 0 Å². The number of carbonyl (C=O) groups excluding carboxylic acids is 2. The van der Waals surface area contributed by atoms with E-state index in [2.05, 4.69) is 0 Å². The lowest BCUT2D eigenvalue weighted by molar-refractivity contribution is -0.113. The fourth-order valence-corrected chi connectivity index (χ4v) is 2.89. The summed E-state index contributed by atoms with van der Waals surface area (Å²) in [5.74, 6) is 0.334. The molecule has 0 aliphatic heterocycles. The van der Waals surface area contributed by atoms with E-state index in [0.717, 1.165) is 59.1 Å². The molecular formula is C20H24O2. The van der Waals surface area contributed by atoms with Crippen LogP contribution in [0.2, 0.25) is 0 Å². The van der Waals surface area contributed by atoms with Crippen LogP contribution in [-0.4, -0.2) is 11.6 Å². The summed E-state index contributed by atoms with van der Waals surface area (Å²) in [4.78, 5) is 24.5. The second-order valence-electron chi connectivity index (χ2n) is 5.66. The van der Waals surface area contributed by atoms with Crippen molar-refractivity contribution < 1.29 is 9.59 Å². The first-order valence-corrected chi connectivity index (χ1v) is 8.21. The third-order valence-electron chi connectivity index (χ3n) is 4.34. The average molecular weight is 296 g/mol. The summed E-state index contributed by atoms with van der Waals surface area (Å²) >= 11 is 0. The molecule has 2 aliphatic rings. The van der Waals surface area contributed by atoms with Crippen LogP contribution in [0, 0.1) is 0 Å². The maximum absolute atomic E-state index is 12.3. The number of allylic oxidation sites excluding steroid dienone is 10. The Hall–Kier alpha value is -1.96. The van der Waals surface area contributed by atoms with Gasteiger partial charge in [-0.25, -0.2) is 0 Å². The van der Waals surface area contributed by atoms with Gasteiger partial charge in [0, 0.05) is 22.3 Å². The summed E-state index contributed by atoms with van der Waals surface area (Å²) in [7, 11) is 0. The van der Waals surface area contributed by atoms with Crippen LogP contribution < -0.4 is 0 Å². The molecule has 0 aromatic heterocycles. The van der Waals surface area contributed by atoms with Crippen molar-refractivity contribution in [3.8, 4) is 0 Å². The topological polar surface area (TPSA) is 34.1 Å². The van der Waals surface area contributed by atoms with Gasteiger partial charge in [0.15, 0.2) is 11.6 Å². The first-order valence-electron chi connectivity index (χ1n) is 8.21. The molecule has 0 N–H and O–H groups in total. The Balaban J connectivity index is 2.61. The molecule has 2 nitrogen and oxygen atoms in total. The van der Waals surface area contributed by atoms with E-state index in [0.29, 0.717) is 0 Å². The van der Waals surface area contributed by atoms with E-state index in [1.54, 1.807) is 0 Å². The van der Waals surface area contributed by atoms with Gasteiger partial charge in [-0.3, -0.25) is 9.59 Å². The largest absolute Gasteiger partial charge is 0.289 e. The number of Topliss-reactive ketones (excluding diaryl/α,β-unsaturated/α-hetero) is 2. The maximum atomic E-state index is 12.3. The van der Waals surface area contributed by atoms with Gasteiger partial charge in [0.25, 0.3) is 0 Å². The molecule has 0 unspecified atom stereocenters. The van der Waals surface area contributed by atoms with E-state index >= 15 is 0 Å². The van der Waals surface area contributed by atoms with Gasteiger partial charge in [-0.15, -0.1) is 0 Å². The van der Waals surface area contributed by atoms with Gasteiger partial charge in [0.05, 0.1) is 0 Å². The number of carbonyl (C=O) groups is 2. The summed E-state index contributed by atoms with van der Waals surface area (Å²) in [6, 6.07) is 0. The summed E-state index contributed by atoms with van der Waals surface area (Å²) in [6.45, 7) is 8.04. The normalized spacial score (nSPS) is 18.9. The van der Waals surface area contributed by atoms with Gasteiger partial charge in [0.1, 0.15) is 0 Å². The van der Waals surface area contributed by atoms with Gasteiger partial charge >= 0.3 is 0 Å². The molecule has 0 amide bonds. The van der Waals surface area contributed by atoms with Crippen LogP contribution in [0.1, 0.15) is 53.4 Å². The Morgan fingerprint density at radius 1 is 0.545 bits per heavy atom. The van der Waals surface area contributed by atoms with Crippen LogP contribution in [0.4, 0.5) is 0 Å². The molecule has 0 aromatic carbocycles. The standard InChI is InChI=1S/C20H24O2/c1-5-13-9-17(10-14(6-2)19(13)21)18-11-15(7-3)20(22)16(8-4)12-18/h9-12H,5-8H2,1-4H3. The molecule has 0 saturated carbocycles. The second kappa shape index (κ2) is 6.87. The zero-order valence-corrected chi connectivity index (χ0v) is 14.0. The highest BCUT2D eigenvalue weighted by atomic mass is 16.1. The monoisotopic (exact) mass is 296 g/mol. The minimum absolute atomic E-state index is 0.167. The van der Waals surface area contributed by atoms with Crippen LogP contribution >= 0.6 is 0 Å². The summed E-state index contributed by atoms with van der Waals surface area (Å²) < 4.78 is 0. The lowest BCUT2D eigenvalue weighted by atomic mass is 9.84. The van der Waals surface area contributed by atoms with E-state index in [9.17, 15) is 9.59 Å². The fourth-order valence-electron chi connectivity index (χ4n) is 2.89. The molecule has 0 bridgehead atoms. The Bertz CT molecular complexity index is 554. The van der Waals surface area contributed by atoms with Gasteiger partial charge < -0.3 is 0 Å². The first-order chi connectivity index (χ1) is 10.5. The highest BCUT2D eigenvalue weighted by Crippen LogP contribution is 2.30. The van der Waals surface area contributed by atoms with E-state index in [1.165, 1.54) is 0 Å². The lowest BCUT2D eigenvalue weighted by Gasteiger charge is -2.19. The van der Waals surface area contributed by atoms with Crippen molar-refractivity contribution in [1.82, 2.24) is 0 Å². The molecule has 2 heteroatoms. The summed E-state index contributed by atoms with van der Waals surface area (Å²) in [5.41, 5.74) is 5.54. The Labute approximate surface area is 133 Å². The third kappa shape index (κ3) is 2.96. The Kier molecular flexibility index (Phi) is 5.12. The van der Waals surface area contributed by atoms with Gasteiger partial charge in [-0.1, -0.05) is 27.7 Å². The predicted molar refractivity (Wildman–Crippen MR) is 90.5 cm³/mol. The highest BCUT2D eigenvalue weighted by Gasteiger charge is 2.22. The molecule has 0 aromatic rings. The zero-order valence-electron chi connectivity index (χ0n) is 14.0. The molecule has 0 heterocycles. The molecule has 2 rings (SSSR count). The SMILES string of the molecule is CCC1=CC(=C2C=C(CC)C(=O)C(CC)=C2)C=C(CC)C1=O. The van der Waals surface area contributed by atoms with Crippen LogP contribution in [-0.2, 0) is 9.59 Å². The van der Waals surface area contributed by atoms with E-state index in [4.69, 9.17) is 0 Å². The van der Waals surface area contributed by atoms with Crippen LogP contribution in [0.5, 0.6) is 0 Å². The van der Waals surface area contributed by atoms with E-state index in [1.807, 2.05) is 52.0 Å². The van der Waals surface area contributed by atoms with Crippen LogP contribution in [0.3, 0.4) is 0 Å². The highest BCUT2D eigenvalue weighted by molar-refractivity contribution is 6.12. The maximum Gasteiger partial charge on any atom is 0.185 e. The molecule has 0 radical (unpaired) electrons. The van der Waals surface area contributed by atoms with E-state index < -0.39 is 0 Å². The smallest absolute Gasteiger partial charge is 0.185 e. The molecule has 22 heavy (non-hydrogen) atoms. The molecule has 0 atom stereocenters. The third-order valence-corrected chi connectivity index (χ3v) is 4.34. The lowest BCUT2D eigenvalue weighted by Crippen LogP contribution is -2.13. The molecule has 2 aliphatic carbocycles. The number of rotatable bonds is 4. The summed E-state index contributed by atoms with van der Waals surface area (Å²) in [5, 5.41) is 0. The average Bonchev–Trinajstić information content (AvgIpc) is 2.55. The van der Waals surface area contributed by atoms with Crippen LogP contribution in [0.25, 0.3) is 0 Å². The van der Waals surface area contributed by atoms with Gasteiger partial charge in [0.2, 0.25) is 0 Å². The number of ketones is 2. The van der Waals surface area contributed by atoms with Crippen molar-refractivity contribution in [2.75, 3.05) is 0 Å². The number of hydrogen-bond donors (Lipinski definition) is 0. The van der Waals surface area contributed by atoms with Crippen LogP contribution in [0.15, 0.2) is 57.7 Å². The number of hydrogen-bond acceptors (Lipinski definition) is 2. The first kappa shape index (κ1) is 16.4. The Morgan fingerprint density at radius 3 is 0.955 bits per heavy atom. The molecule has 0 spiro atoms. The van der Waals surface area contributed by atoms with Crippen molar-refractivity contribution in [3.05, 3.63) is 57.7 Å². The zero-order chi connectivity index (χ0) is 16.3. The Morgan fingerprint density at radius 2 is 0.773 bits per heavy atom. The second-order valence-corrected chi connectivity index (χ2v) is 5.66.